The largest absolute Gasteiger partial charge is 0.344 e. The van der Waals surface area contributed by atoms with Crippen LogP contribution < -0.4 is 5.73 Å². The van der Waals surface area contributed by atoms with Crippen molar-refractivity contribution in [3.8, 4) is 0 Å². The summed E-state index contributed by atoms with van der Waals surface area (Å²) >= 11 is 0. The third-order valence-electron chi connectivity index (χ3n) is 3.74. The van der Waals surface area contributed by atoms with Gasteiger partial charge in [0.1, 0.15) is 5.54 Å². The fraction of sp³-hybridized carbons (Fsp3) is 0.278. The number of likely N-dealkylation sites (N-methyl/N-ethyl adjacent to an activating group) is 1. The van der Waals surface area contributed by atoms with Crippen molar-refractivity contribution in [3.05, 3.63) is 71.8 Å². The van der Waals surface area contributed by atoms with E-state index in [4.69, 9.17) is 5.73 Å². The van der Waals surface area contributed by atoms with Gasteiger partial charge >= 0.3 is 0 Å². The topological polar surface area (TPSA) is 46.3 Å². The molecule has 0 aliphatic carbocycles. The number of amides is 1. The van der Waals surface area contributed by atoms with E-state index >= 15 is 0 Å². The van der Waals surface area contributed by atoms with Gasteiger partial charge in [-0.1, -0.05) is 60.7 Å². The first-order chi connectivity index (χ1) is 10.0. The molecule has 0 fully saturated rings. The lowest BCUT2D eigenvalue weighted by Gasteiger charge is -2.29. The molecule has 0 spiro atoms. The summed E-state index contributed by atoms with van der Waals surface area (Å²) in [5.41, 5.74) is 7.32. The van der Waals surface area contributed by atoms with Crippen LogP contribution in [0.5, 0.6) is 0 Å². The van der Waals surface area contributed by atoms with Gasteiger partial charge in [0, 0.05) is 13.6 Å². The Labute approximate surface area is 126 Å². The minimum Gasteiger partial charge on any atom is -0.344 e. The van der Waals surface area contributed by atoms with E-state index in [-0.39, 0.29) is 5.91 Å². The van der Waals surface area contributed by atoms with Crippen LogP contribution in [0.4, 0.5) is 0 Å². The van der Waals surface area contributed by atoms with Crippen LogP contribution in [0.1, 0.15) is 18.1 Å². The number of carbonyl (C=O) groups is 1. The average molecular weight is 282 g/mol. The molecule has 0 aromatic heterocycles. The molecule has 1 amide bonds. The van der Waals surface area contributed by atoms with Gasteiger partial charge in [-0.25, -0.2) is 0 Å². The van der Waals surface area contributed by atoms with Gasteiger partial charge in [-0.05, 0) is 24.5 Å². The zero-order chi connectivity index (χ0) is 15.3. The highest BCUT2D eigenvalue weighted by Gasteiger charge is 2.32. The zero-order valence-electron chi connectivity index (χ0n) is 12.6. The molecule has 1 atom stereocenters. The average Bonchev–Trinajstić information content (AvgIpc) is 2.53. The first-order valence-electron chi connectivity index (χ1n) is 7.15. The molecule has 0 saturated carbocycles. The van der Waals surface area contributed by atoms with Gasteiger partial charge < -0.3 is 10.6 Å². The Hall–Kier alpha value is -2.13. The summed E-state index contributed by atoms with van der Waals surface area (Å²) in [6.45, 7) is 2.42. The Kier molecular flexibility index (Phi) is 4.76. The van der Waals surface area contributed by atoms with Gasteiger partial charge in [0.15, 0.2) is 0 Å². The lowest BCUT2D eigenvalue weighted by atomic mass is 9.91. The molecule has 110 valence electrons. The maximum atomic E-state index is 12.6. The summed E-state index contributed by atoms with van der Waals surface area (Å²) < 4.78 is 0. The summed E-state index contributed by atoms with van der Waals surface area (Å²) in [5.74, 6) is -0.0652. The van der Waals surface area contributed by atoms with E-state index in [9.17, 15) is 4.79 Å². The van der Waals surface area contributed by atoms with E-state index in [1.54, 1.807) is 18.9 Å². The second-order valence-corrected chi connectivity index (χ2v) is 5.53. The number of hydrogen-bond acceptors (Lipinski definition) is 2. The maximum absolute atomic E-state index is 12.6. The van der Waals surface area contributed by atoms with Gasteiger partial charge in [0.05, 0.1) is 0 Å². The molecule has 0 heterocycles. The standard InChI is InChI=1S/C18H22N2O/c1-18(19,16-11-7-4-8-12-16)17(21)20(2)14-13-15-9-5-3-6-10-15/h3-12H,13-14,19H2,1-2H3. The Bertz CT molecular complexity index is 579. The first kappa shape index (κ1) is 15.3. The van der Waals surface area contributed by atoms with E-state index in [1.165, 1.54) is 5.56 Å². The van der Waals surface area contributed by atoms with Crippen LogP contribution >= 0.6 is 0 Å². The van der Waals surface area contributed by atoms with E-state index in [0.717, 1.165) is 12.0 Å². The molecule has 0 radical (unpaired) electrons. The minimum absolute atomic E-state index is 0.0652. The van der Waals surface area contributed by atoms with Crippen molar-refractivity contribution < 1.29 is 4.79 Å². The van der Waals surface area contributed by atoms with Crippen LogP contribution in [0.25, 0.3) is 0 Å². The van der Waals surface area contributed by atoms with Crippen molar-refractivity contribution in [2.24, 2.45) is 5.73 Å². The van der Waals surface area contributed by atoms with Crippen LogP contribution in [0.15, 0.2) is 60.7 Å². The van der Waals surface area contributed by atoms with Crippen molar-refractivity contribution in [2.75, 3.05) is 13.6 Å². The molecule has 0 saturated heterocycles. The highest BCUT2D eigenvalue weighted by molar-refractivity contribution is 5.86. The molecular weight excluding hydrogens is 260 g/mol. The number of nitrogens with two attached hydrogens (primary N) is 1. The van der Waals surface area contributed by atoms with E-state index in [2.05, 4.69) is 12.1 Å². The van der Waals surface area contributed by atoms with Crippen molar-refractivity contribution >= 4 is 5.91 Å². The molecule has 0 aliphatic heterocycles. The smallest absolute Gasteiger partial charge is 0.246 e. The Morgan fingerprint density at radius 2 is 1.57 bits per heavy atom. The molecule has 2 N–H and O–H groups in total. The van der Waals surface area contributed by atoms with E-state index in [1.807, 2.05) is 48.5 Å². The third-order valence-corrected chi connectivity index (χ3v) is 3.74. The van der Waals surface area contributed by atoms with Crippen LogP contribution in [-0.4, -0.2) is 24.4 Å². The van der Waals surface area contributed by atoms with Crippen LogP contribution in [0.2, 0.25) is 0 Å². The molecule has 21 heavy (non-hydrogen) atoms. The normalized spacial score (nSPS) is 13.5. The number of rotatable bonds is 5. The molecule has 2 rings (SSSR count). The second kappa shape index (κ2) is 6.55. The predicted molar refractivity (Wildman–Crippen MR) is 85.8 cm³/mol. The lowest BCUT2D eigenvalue weighted by molar-refractivity contribution is -0.135. The quantitative estimate of drug-likeness (QED) is 0.916. The maximum Gasteiger partial charge on any atom is 0.246 e. The summed E-state index contributed by atoms with van der Waals surface area (Å²) in [5, 5.41) is 0. The summed E-state index contributed by atoms with van der Waals surface area (Å²) in [6.07, 6.45) is 0.827. The highest BCUT2D eigenvalue weighted by atomic mass is 16.2. The summed E-state index contributed by atoms with van der Waals surface area (Å²) in [6, 6.07) is 19.6. The molecule has 0 bridgehead atoms. The molecule has 2 aromatic carbocycles. The Morgan fingerprint density at radius 3 is 2.14 bits per heavy atom. The van der Waals surface area contributed by atoms with Gasteiger partial charge in [-0.3, -0.25) is 4.79 Å². The van der Waals surface area contributed by atoms with Crippen molar-refractivity contribution in [3.63, 3.8) is 0 Å². The lowest BCUT2D eigenvalue weighted by Crippen LogP contribution is -2.50. The highest BCUT2D eigenvalue weighted by Crippen LogP contribution is 2.19. The number of nitrogens with zero attached hydrogens (tertiary/aromatic N) is 1. The molecule has 2 aromatic rings. The fourth-order valence-electron chi connectivity index (χ4n) is 2.35. The van der Waals surface area contributed by atoms with Crippen LogP contribution in [0, 0.1) is 0 Å². The molecule has 0 aliphatic rings. The Morgan fingerprint density at radius 1 is 1.05 bits per heavy atom. The van der Waals surface area contributed by atoms with Crippen LogP contribution in [-0.2, 0) is 16.8 Å². The van der Waals surface area contributed by atoms with Gasteiger partial charge in [-0.2, -0.15) is 0 Å². The first-order valence-corrected chi connectivity index (χ1v) is 7.15. The molecule has 1 unspecified atom stereocenters. The van der Waals surface area contributed by atoms with Crippen molar-refractivity contribution in [1.29, 1.82) is 0 Å². The van der Waals surface area contributed by atoms with Crippen LogP contribution in [0.3, 0.4) is 0 Å². The molecular formula is C18H22N2O. The number of hydrogen-bond donors (Lipinski definition) is 1. The molecule has 3 nitrogen and oxygen atoms in total. The Balaban J connectivity index is 2.02. The summed E-state index contributed by atoms with van der Waals surface area (Å²) in [7, 11) is 1.80. The fourth-order valence-corrected chi connectivity index (χ4v) is 2.35. The molecule has 3 heteroatoms. The third kappa shape index (κ3) is 3.70. The predicted octanol–water partition coefficient (Wildman–Crippen LogP) is 2.56. The van der Waals surface area contributed by atoms with Gasteiger partial charge in [-0.15, -0.1) is 0 Å². The summed E-state index contributed by atoms with van der Waals surface area (Å²) in [4.78, 5) is 14.3. The number of benzene rings is 2. The van der Waals surface area contributed by atoms with E-state index < -0.39 is 5.54 Å². The SMILES string of the molecule is CN(CCc1ccccc1)C(=O)C(C)(N)c1ccccc1. The van der Waals surface area contributed by atoms with Gasteiger partial charge in [0.25, 0.3) is 0 Å². The monoisotopic (exact) mass is 282 g/mol. The zero-order valence-corrected chi connectivity index (χ0v) is 12.6. The number of carbonyl (C=O) groups excluding carboxylic acids is 1. The van der Waals surface area contributed by atoms with E-state index in [0.29, 0.717) is 6.54 Å². The second-order valence-electron chi connectivity index (χ2n) is 5.53. The minimum atomic E-state index is -0.993. The van der Waals surface area contributed by atoms with Crippen molar-refractivity contribution in [2.45, 2.75) is 18.9 Å². The van der Waals surface area contributed by atoms with Crippen molar-refractivity contribution in [1.82, 2.24) is 4.90 Å². The van der Waals surface area contributed by atoms with Gasteiger partial charge in [0.2, 0.25) is 5.91 Å².